The van der Waals surface area contributed by atoms with Crippen molar-refractivity contribution in [3.8, 4) is 0 Å². The Morgan fingerprint density at radius 1 is 1.36 bits per heavy atom. The van der Waals surface area contributed by atoms with Crippen LogP contribution in [-0.4, -0.2) is 40.9 Å². The summed E-state index contributed by atoms with van der Waals surface area (Å²) in [4.78, 5) is 12.2. The highest BCUT2D eigenvalue weighted by molar-refractivity contribution is 8.00. The van der Waals surface area contributed by atoms with E-state index in [0.29, 0.717) is 18.1 Å². The normalized spacial score (nSPS) is 12.8. The summed E-state index contributed by atoms with van der Waals surface area (Å²) in [6.45, 7) is 5.01. The van der Waals surface area contributed by atoms with Crippen LogP contribution < -0.4 is 10.5 Å². The van der Waals surface area contributed by atoms with Crippen LogP contribution >= 0.6 is 11.8 Å². The number of carbonyl (C=O) groups is 1. The van der Waals surface area contributed by atoms with E-state index in [1.165, 1.54) is 23.9 Å². The van der Waals surface area contributed by atoms with E-state index in [0.717, 1.165) is 12.1 Å². The minimum atomic E-state index is -3.68. The number of benzene rings is 1. The van der Waals surface area contributed by atoms with Crippen molar-refractivity contribution >= 4 is 27.7 Å². The third-order valence-electron chi connectivity index (χ3n) is 3.54. The molecule has 0 unspecified atom stereocenters. The standard InChI is InChI=1S/C15H21N5O3S2/c1-3-20-10-18-19-15(20)24-11(2)14(21)17-9-8-12-4-6-13(7-5-12)25(16,22)23/h4-7,10-11H,3,8-9H2,1-2H3,(H,17,21)(H2,16,22,23)/t11-/m1/s1. The molecule has 0 saturated heterocycles. The topological polar surface area (TPSA) is 120 Å². The van der Waals surface area contributed by atoms with Gasteiger partial charge < -0.3 is 9.88 Å². The lowest BCUT2D eigenvalue weighted by Gasteiger charge is -2.12. The molecule has 10 heteroatoms. The number of aromatic nitrogens is 3. The van der Waals surface area contributed by atoms with Crippen molar-refractivity contribution in [2.45, 2.75) is 42.1 Å². The van der Waals surface area contributed by atoms with Crippen LogP contribution in [0, 0.1) is 0 Å². The fourth-order valence-corrected chi connectivity index (χ4v) is 3.51. The van der Waals surface area contributed by atoms with Crippen LogP contribution in [0.15, 0.2) is 40.6 Å². The van der Waals surface area contributed by atoms with Gasteiger partial charge in [0.2, 0.25) is 15.9 Å². The highest BCUT2D eigenvalue weighted by atomic mass is 32.2. The largest absolute Gasteiger partial charge is 0.355 e. The van der Waals surface area contributed by atoms with Gasteiger partial charge in [0.15, 0.2) is 5.16 Å². The molecule has 0 fully saturated rings. The number of amides is 1. The molecule has 3 N–H and O–H groups in total. The maximum Gasteiger partial charge on any atom is 0.238 e. The predicted molar refractivity (Wildman–Crippen MR) is 95.5 cm³/mol. The first-order valence-corrected chi connectivity index (χ1v) is 10.2. The molecule has 1 aromatic carbocycles. The summed E-state index contributed by atoms with van der Waals surface area (Å²) in [5, 5.41) is 16.2. The highest BCUT2D eigenvalue weighted by Gasteiger charge is 2.17. The van der Waals surface area contributed by atoms with E-state index in [2.05, 4.69) is 15.5 Å². The molecule has 0 radical (unpaired) electrons. The van der Waals surface area contributed by atoms with Crippen molar-refractivity contribution in [1.29, 1.82) is 0 Å². The minimum Gasteiger partial charge on any atom is -0.355 e. The number of thioether (sulfide) groups is 1. The zero-order chi connectivity index (χ0) is 18.4. The summed E-state index contributed by atoms with van der Waals surface area (Å²) >= 11 is 1.36. The molecule has 0 aliphatic heterocycles. The second kappa shape index (κ2) is 8.45. The quantitative estimate of drug-likeness (QED) is 0.650. The van der Waals surface area contributed by atoms with Gasteiger partial charge in [0.25, 0.3) is 0 Å². The number of nitrogens with zero attached hydrogens (tertiary/aromatic N) is 3. The van der Waals surface area contributed by atoms with Gasteiger partial charge in [-0.1, -0.05) is 23.9 Å². The molecule has 1 aromatic heterocycles. The summed E-state index contributed by atoms with van der Waals surface area (Å²) in [5.74, 6) is -0.0863. The van der Waals surface area contributed by atoms with E-state index >= 15 is 0 Å². The van der Waals surface area contributed by atoms with Gasteiger partial charge in [0.05, 0.1) is 10.1 Å². The molecule has 25 heavy (non-hydrogen) atoms. The number of rotatable bonds is 8. The van der Waals surface area contributed by atoms with Crippen LogP contribution in [0.1, 0.15) is 19.4 Å². The van der Waals surface area contributed by atoms with Gasteiger partial charge in [-0.25, -0.2) is 13.6 Å². The lowest BCUT2D eigenvalue weighted by Crippen LogP contribution is -2.32. The monoisotopic (exact) mass is 383 g/mol. The van der Waals surface area contributed by atoms with Gasteiger partial charge in [-0.05, 0) is 38.0 Å². The first-order chi connectivity index (χ1) is 11.8. The number of nitrogens with two attached hydrogens (primary N) is 1. The summed E-state index contributed by atoms with van der Waals surface area (Å²) in [7, 11) is -3.68. The van der Waals surface area contributed by atoms with Gasteiger partial charge in [-0.2, -0.15) is 0 Å². The van der Waals surface area contributed by atoms with Crippen molar-refractivity contribution in [2.75, 3.05) is 6.54 Å². The third kappa shape index (κ3) is 5.55. The van der Waals surface area contributed by atoms with Crippen LogP contribution in [0.2, 0.25) is 0 Å². The Bertz CT molecular complexity index is 818. The lowest BCUT2D eigenvalue weighted by molar-refractivity contribution is -0.120. The van der Waals surface area contributed by atoms with E-state index in [1.807, 2.05) is 18.4 Å². The van der Waals surface area contributed by atoms with E-state index in [4.69, 9.17) is 5.14 Å². The number of primary sulfonamides is 1. The van der Waals surface area contributed by atoms with Crippen molar-refractivity contribution in [3.63, 3.8) is 0 Å². The van der Waals surface area contributed by atoms with Crippen molar-refractivity contribution in [3.05, 3.63) is 36.2 Å². The van der Waals surface area contributed by atoms with Crippen LogP contribution in [-0.2, 0) is 27.8 Å². The SMILES string of the molecule is CCn1cnnc1S[C@H](C)C(=O)NCCc1ccc(S(N)(=O)=O)cc1. The highest BCUT2D eigenvalue weighted by Crippen LogP contribution is 2.20. The first-order valence-electron chi connectivity index (χ1n) is 7.75. The second-order valence-corrected chi connectivity index (χ2v) is 8.26. The van der Waals surface area contributed by atoms with Gasteiger partial charge in [-0.15, -0.1) is 10.2 Å². The number of sulfonamides is 1. The maximum absolute atomic E-state index is 12.2. The van der Waals surface area contributed by atoms with Gasteiger partial charge in [-0.3, -0.25) is 4.79 Å². The predicted octanol–water partition coefficient (Wildman–Crippen LogP) is 0.785. The Morgan fingerprint density at radius 3 is 2.64 bits per heavy atom. The van der Waals surface area contributed by atoms with Gasteiger partial charge in [0.1, 0.15) is 6.33 Å². The zero-order valence-corrected chi connectivity index (χ0v) is 15.7. The fourth-order valence-electron chi connectivity index (χ4n) is 2.08. The van der Waals surface area contributed by atoms with E-state index in [1.54, 1.807) is 18.5 Å². The average Bonchev–Trinajstić information content (AvgIpc) is 3.01. The van der Waals surface area contributed by atoms with Crippen LogP contribution in [0.25, 0.3) is 0 Å². The van der Waals surface area contributed by atoms with Gasteiger partial charge >= 0.3 is 0 Å². The fraction of sp³-hybridized carbons (Fsp3) is 0.400. The minimum absolute atomic E-state index is 0.0744. The van der Waals surface area contributed by atoms with Crippen molar-refractivity contribution < 1.29 is 13.2 Å². The smallest absolute Gasteiger partial charge is 0.238 e. The summed E-state index contributed by atoms with van der Waals surface area (Å²) < 4.78 is 24.3. The molecule has 0 aliphatic rings. The van der Waals surface area contributed by atoms with E-state index in [9.17, 15) is 13.2 Å². The molecule has 2 rings (SSSR count). The van der Waals surface area contributed by atoms with Crippen molar-refractivity contribution in [1.82, 2.24) is 20.1 Å². The summed E-state index contributed by atoms with van der Waals surface area (Å²) in [6, 6.07) is 6.30. The number of hydrogen-bond donors (Lipinski definition) is 2. The van der Waals surface area contributed by atoms with E-state index in [-0.39, 0.29) is 16.1 Å². The molecule has 0 aliphatic carbocycles. The number of nitrogens with one attached hydrogen (secondary N) is 1. The molecular formula is C15H21N5O3S2. The van der Waals surface area contributed by atoms with E-state index < -0.39 is 10.0 Å². The molecule has 0 spiro atoms. The Labute approximate surface area is 151 Å². The molecule has 0 bridgehead atoms. The maximum atomic E-state index is 12.2. The molecule has 1 heterocycles. The van der Waals surface area contributed by atoms with Crippen molar-refractivity contribution in [2.24, 2.45) is 5.14 Å². The molecular weight excluding hydrogens is 362 g/mol. The number of aryl methyl sites for hydroxylation is 1. The molecule has 8 nitrogen and oxygen atoms in total. The summed E-state index contributed by atoms with van der Waals surface area (Å²) in [5.41, 5.74) is 0.915. The van der Waals surface area contributed by atoms with Gasteiger partial charge in [0, 0.05) is 13.1 Å². The first kappa shape index (κ1) is 19.4. The lowest BCUT2D eigenvalue weighted by atomic mass is 10.1. The molecule has 0 saturated carbocycles. The Kier molecular flexibility index (Phi) is 6.57. The van der Waals surface area contributed by atoms with Crippen LogP contribution in [0.3, 0.4) is 0 Å². The number of carbonyl (C=O) groups excluding carboxylic acids is 1. The zero-order valence-electron chi connectivity index (χ0n) is 14.0. The molecule has 136 valence electrons. The summed E-state index contributed by atoms with van der Waals surface area (Å²) in [6.07, 6.45) is 2.23. The van der Waals surface area contributed by atoms with Crippen LogP contribution in [0.5, 0.6) is 0 Å². The second-order valence-electron chi connectivity index (χ2n) is 5.39. The van der Waals surface area contributed by atoms with Crippen LogP contribution in [0.4, 0.5) is 0 Å². The Morgan fingerprint density at radius 2 is 2.04 bits per heavy atom. The molecule has 2 aromatic rings. The molecule has 1 amide bonds. The Hall–Kier alpha value is -1.91. The Balaban J connectivity index is 1.81. The third-order valence-corrected chi connectivity index (χ3v) is 5.56. The average molecular weight is 383 g/mol. The number of hydrogen-bond acceptors (Lipinski definition) is 6. The molecule has 1 atom stereocenters.